The minimum absolute atomic E-state index is 0.167. The Morgan fingerprint density at radius 1 is 0.941 bits per heavy atom. The Morgan fingerprint density at radius 3 is 2.06 bits per heavy atom. The second kappa shape index (κ2) is 6.03. The number of hydrogen-bond donors (Lipinski definition) is 1. The Labute approximate surface area is 110 Å². The summed E-state index contributed by atoms with van der Waals surface area (Å²) in [5, 5.41) is 0. The summed E-state index contributed by atoms with van der Waals surface area (Å²) < 4.78 is 12.0. The molecule has 0 spiro atoms. The first-order valence-electron chi connectivity index (χ1n) is 5.45. The van der Waals surface area contributed by atoms with E-state index in [0.717, 1.165) is 10.5 Å². The largest absolute Gasteiger partial charge is 0.253 e. The zero-order valence-corrected chi connectivity index (χ0v) is 11.0. The van der Waals surface area contributed by atoms with Crippen LogP contribution >= 0.6 is 12.6 Å². The topological polar surface area (TPSA) is 17.1 Å². The van der Waals surface area contributed by atoms with Crippen LogP contribution in [0.5, 0.6) is 0 Å². The van der Waals surface area contributed by atoms with Crippen molar-refractivity contribution in [2.75, 3.05) is 0 Å². The van der Waals surface area contributed by atoms with Crippen molar-refractivity contribution in [1.29, 1.82) is 0 Å². The van der Waals surface area contributed by atoms with Crippen molar-refractivity contribution >= 4 is 23.4 Å². The highest BCUT2D eigenvalue weighted by molar-refractivity contribution is 8.01. The summed E-state index contributed by atoms with van der Waals surface area (Å²) in [5.41, 5.74) is 1.16. The van der Waals surface area contributed by atoms with Gasteiger partial charge in [0.05, 0.1) is 15.4 Å². The van der Waals surface area contributed by atoms with Crippen molar-refractivity contribution in [2.45, 2.75) is 15.9 Å². The van der Waals surface area contributed by atoms with Gasteiger partial charge in [0.2, 0.25) is 0 Å². The summed E-state index contributed by atoms with van der Waals surface area (Å²) in [4.78, 5) is 0.837. The summed E-state index contributed by atoms with van der Waals surface area (Å²) in [7, 11) is -1.06. The SMILES string of the molecule is O=S(c1ccccc1)C(S)Cc1ccccc1. The van der Waals surface area contributed by atoms with E-state index >= 15 is 0 Å². The Hall–Kier alpha value is -1.06. The molecule has 2 aromatic carbocycles. The van der Waals surface area contributed by atoms with E-state index in [-0.39, 0.29) is 4.58 Å². The molecule has 3 heteroatoms. The minimum atomic E-state index is -1.06. The highest BCUT2D eigenvalue weighted by Crippen LogP contribution is 2.17. The predicted octanol–water partition coefficient (Wildman–Crippen LogP) is 3.29. The Kier molecular flexibility index (Phi) is 4.40. The highest BCUT2D eigenvalue weighted by atomic mass is 32.2. The third kappa shape index (κ3) is 3.45. The van der Waals surface area contributed by atoms with Gasteiger partial charge >= 0.3 is 0 Å². The predicted molar refractivity (Wildman–Crippen MR) is 75.8 cm³/mol. The van der Waals surface area contributed by atoms with Gasteiger partial charge in [-0.2, -0.15) is 12.6 Å². The van der Waals surface area contributed by atoms with Crippen molar-refractivity contribution in [1.82, 2.24) is 0 Å². The van der Waals surface area contributed by atoms with Crippen LogP contribution in [-0.4, -0.2) is 8.79 Å². The average Bonchev–Trinajstić information content (AvgIpc) is 2.40. The molecule has 0 heterocycles. The molecule has 0 saturated heterocycles. The molecule has 0 amide bonds. The summed E-state index contributed by atoms with van der Waals surface area (Å²) >= 11 is 4.45. The number of rotatable bonds is 4. The van der Waals surface area contributed by atoms with E-state index in [9.17, 15) is 4.21 Å². The van der Waals surface area contributed by atoms with Crippen LogP contribution in [0.3, 0.4) is 0 Å². The van der Waals surface area contributed by atoms with E-state index in [1.54, 1.807) is 0 Å². The fourth-order valence-corrected chi connectivity index (χ4v) is 3.26. The molecule has 0 radical (unpaired) electrons. The summed E-state index contributed by atoms with van der Waals surface area (Å²) in [6.07, 6.45) is 0.714. The van der Waals surface area contributed by atoms with Gasteiger partial charge in [0.1, 0.15) is 0 Å². The molecule has 1 nitrogen and oxygen atoms in total. The molecule has 88 valence electrons. The average molecular weight is 262 g/mol. The molecule has 0 aliphatic rings. The van der Waals surface area contributed by atoms with Crippen LogP contribution in [0.2, 0.25) is 0 Å². The van der Waals surface area contributed by atoms with E-state index in [4.69, 9.17) is 0 Å². The molecule has 2 unspecified atom stereocenters. The van der Waals surface area contributed by atoms with Crippen LogP contribution in [-0.2, 0) is 17.2 Å². The lowest BCUT2D eigenvalue weighted by molar-refractivity contribution is 0.680. The van der Waals surface area contributed by atoms with E-state index in [2.05, 4.69) is 12.6 Å². The lowest BCUT2D eigenvalue weighted by Gasteiger charge is -2.10. The molecule has 0 aliphatic heterocycles. The fraction of sp³-hybridized carbons (Fsp3) is 0.143. The molecule has 2 atom stereocenters. The first-order chi connectivity index (χ1) is 8.27. The molecule has 17 heavy (non-hydrogen) atoms. The maximum absolute atomic E-state index is 12.2. The lowest BCUT2D eigenvalue weighted by atomic mass is 10.2. The van der Waals surface area contributed by atoms with Crippen LogP contribution in [0.25, 0.3) is 0 Å². The van der Waals surface area contributed by atoms with Gasteiger partial charge in [-0.15, -0.1) is 0 Å². The zero-order chi connectivity index (χ0) is 12.1. The maximum atomic E-state index is 12.2. The quantitative estimate of drug-likeness (QED) is 0.837. The van der Waals surface area contributed by atoms with Crippen molar-refractivity contribution in [3.63, 3.8) is 0 Å². The molecule has 2 aromatic rings. The first-order valence-corrected chi connectivity index (χ1v) is 7.18. The highest BCUT2D eigenvalue weighted by Gasteiger charge is 2.14. The van der Waals surface area contributed by atoms with E-state index in [0.29, 0.717) is 6.42 Å². The van der Waals surface area contributed by atoms with Crippen molar-refractivity contribution in [3.8, 4) is 0 Å². The molecule has 0 aromatic heterocycles. The van der Waals surface area contributed by atoms with Crippen molar-refractivity contribution in [2.24, 2.45) is 0 Å². The normalized spacial score (nSPS) is 14.2. The van der Waals surface area contributed by atoms with Crippen molar-refractivity contribution < 1.29 is 4.21 Å². The Bertz CT molecular complexity index is 482. The summed E-state index contributed by atoms with van der Waals surface area (Å²) in [6, 6.07) is 19.5. The molecular formula is C14H14OS2. The monoisotopic (exact) mass is 262 g/mol. The minimum Gasteiger partial charge on any atom is -0.253 e. The van der Waals surface area contributed by atoms with Crippen LogP contribution in [0.1, 0.15) is 5.56 Å². The van der Waals surface area contributed by atoms with E-state index < -0.39 is 10.8 Å². The van der Waals surface area contributed by atoms with E-state index in [1.807, 2.05) is 60.7 Å². The van der Waals surface area contributed by atoms with Gasteiger partial charge in [0.25, 0.3) is 0 Å². The second-order valence-electron chi connectivity index (χ2n) is 3.75. The third-order valence-electron chi connectivity index (χ3n) is 2.48. The van der Waals surface area contributed by atoms with Crippen LogP contribution in [0, 0.1) is 0 Å². The summed E-state index contributed by atoms with van der Waals surface area (Å²) in [6.45, 7) is 0. The van der Waals surface area contributed by atoms with Gasteiger partial charge in [-0.05, 0) is 24.1 Å². The smallest absolute Gasteiger partial charge is 0.0858 e. The van der Waals surface area contributed by atoms with Crippen molar-refractivity contribution in [3.05, 3.63) is 66.2 Å². The van der Waals surface area contributed by atoms with Crippen LogP contribution in [0.4, 0.5) is 0 Å². The zero-order valence-electron chi connectivity index (χ0n) is 9.32. The van der Waals surface area contributed by atoms with Crippen LogP contribution in [0.15, 0.2) is 65.6 Å². The lowest BCUT2D eigenvalue weighted by Crippen LogP contribution is -2.11. The molecule has 0 aliphatic carbocycles. The number of hydrogen-bond acceptors (Lipinski definition) is 2. The van der Waals surface area contributed by atoms with E-state index in [1.165, 1.54) is 0 Å². The Balaban J connectivity index is 2.06. The molecule has 0 fully saturated rings. The van der Waals surface area contributed by atoms with Gasteiger partial charge in [0, 0.05) is 4.90 Å². The van der Waals surface area contributed by atoms with Gasteiger partial charge in [-0.3, -0.25) is 4.21 Å². The molecule has 0 saturated carbocycles. The van der Waals surface area contributed by atoms with Gasteiger partial charge in [-0.25, -0.2) is 0 Å². The standard InChI is InChI=1S/C14H14OS2/c15-17(13-9-5-2-6-10-13)14(16)11-12-7-3-1-4-8-12/h1-10,14,16H,11H2. The fourth-order valence-electron chi connectivity index (χ4n) is 1.60. The Morgan fingerprint density at radius 2 is 1.47 bits per heavy atom. The van der Waals surface area contributed by atoms with Gasteiger partial charge in [-0.1, -0.05) is 48.5 Å². The molecule has 0 N–H and O–H groups in total. The maximum Gasteiger partial charge on any atom is 0.0858 e. The number of thiol groups is 1. The second-order valence-corrected chi connectivity index (χ2v) is 6.36. The molecular weight excluding hydrogens is 248 g/mol. The molecule has 0 bridgehead atoms. The van der Waals surface area contributed by atoms with Gasteiger partial charge in [0.15, 0.2) is 0 Å². The van der Waals surface area contributed by atoms with Gasteiger partial charge < -0.3 is 0 Å². The molecule has 2 rings (SSSR count). The summed E-state index contributed by atoms with van der Waals surface area (Å²) in [5.74, 6) is 0. The first kappa shape index (κ1) is 12.4. The number of benzene rings is 2. The third-order valence-corrected chi connectivity index (χ3v) is 4.63. The van der Waals surface area contributed by atoms with Crippen LogP contribution < -0.4 is 0 Å².